The van der Waals surface area contributed by atoms with E-state index in [1.807, 2.05) is 30.3 Å². The van der Waals surface area contributed by atoms with Crippen molar-refractivity contribution in [2.45, 2.75) is 6.54 Å². The number of hydrogen-bond acceptors (Lipinski definition) is 5. The molecule has 0 aliphatic carbocycles. The van der Waals surface area contributed by atoms with Crippen LogP contribution in [0.4, 0.5) is 0 Å². The van der Waals surface area contributed by atoms with Gasteiger partial charge in [0.05, 0.1) is 12.7 Å². The number of methoxy groups -OCH3 is 1. The molecule has 1 aromatic heterocycles. The van der Waals surface area contributed by atoms with Gasteiger partial charge in [0.1, 0.15) is 12.3 Å². The third-order valence-corrected chi connectivity index (χ3v) is 4.10. The molecule has 6 nitrogen and oxygen atoms in total. The number of hydrogen-bond donors (Lipinski definition) is 0. The lowest BCUT2D eigenvalue weighted by Gasteiger charge is -2.16. The number of aromatic nitrogens is 2. The van der Waals surface area contributed by atoms with Gasteiger partial charge in [0.25, 0.3) is 5.91 Å². The molecule has 0 aliphatic heterocycles. The summed E-state index contributed by atoms with van der Waals surface area (Å²) >= 11 is 3.41. The van der Waals surface area contributed by atoms with Crippen molar-refractivity contribution in [3.05, 3.63) is 64.5 Å². The summed E-state index contributed by atoms with van der Waals surface area (Å²) in [5, 5.41) is 3.98. The fraction of sp³-hybridized carbons (Fsp3) is 0.167. The lowest BCUT2D eigenvalue weighted by Crippen LogP contribution is -2.26. The Morgan fingerprint density at radius 3 is 2.80 bits per heavy atom. The predicted octanol–water partition coefficient (Wildman–Crippen LogP) is 3.78. The monoisotopic (exact) mass is 401 g/mol. The summed E-state index contributed by atoms with van der Waals surface area (Å²) in [6.07, 6.45) is 0. The van der Waals surface area contributed by atoms with E-state index in [4.69, 9.17) is 9.26 Å². The Hall–Kier alpha value is -2.67. The summed E-state index contributed by atoms with van der Waals surface area (Å²) in [6, 6.07) is 14.7. The van der Waals surface area contributed by atoms with Crippen LogP contribution in [0, 0.1) is 0 Å². The molecule has 0 atom stereocenters. The molecule has 0 spiro atoms. The molecular weight excluding hydrogens is 386 g/mol. The van der Waals surface area contributed by atoms with E-state index >= 15 is 0 Å². The zero-order valence-electron chi connectivity index (χ0n) is 13.8. The van der Waals surface area contributed by atoms with E-state index < -0.39 is 0 Å². The average molecular weight is 402 g/mol. The van der Waals surface area contributed by atoms with Crippen molar-refractivity contribution in [3.8, 4) is 17.1 Å². The zero-order chi connectivity index (χ0) is 17.8. The predicted molar refractivity (Wildman–Crippen MR) is 96.2 cm³/mol. The minimum absolute atomic E-state index is 0.181. The second-order valence-electron chi connectivity index (χ2n) is 5.38. The Bertz CT molecular complexity index is 895. The molecule has 0 saturated heterocycles. The largest absolute Gasteiger partial charge is 0.496 e. The van der Waals surface area contributed by atoms with Gasteiger partial charge in [0.2, 0.25) is 11.7 Å². The smallest absolute Gasteiger partial charge is 0.257 e. The maximum Gasteiger partial charge on any atom is 0.257 e. The highest BCUT2D eigenvalue weighted by Crippen LogP contribution is 2.22. The minimum Gasteiger partial charge on any atom is -0.496 e. The number of amides is 1. The van der Waals surface area contributed by atoms with Crippen LogP contribution in [0.25, 0.3) is 11.4 Å². The van der Waals surface area contributed by atoms with E-state index in [1.165, 1.54) is 12.0 Å². The number of ether oxygens (including phenoxy) is 1. The molecule has 1 amide bonds. The first kappa shape index (κ1) is 17.2. The number of benzene rings is 2. The van der Waals surface area contributed by atoms with Crippen molar-refractivity contribution in [3.63, 3.8) is 0 Å². The Morgan fingerprint density at radius 1 is 1.24 bits per heavy atom. The van der Waals surface area contributed by atoms with Gasteiger partial charge in [-0.3, -0.25) is 4.79 Å². The number of nitrogens with zero attached hydrogens (tertiary/aromatic N) is 3. The molecule has 0 bridgehead atoms. The van der Waals surface area contributed by atoms with Crippen molar-refractivity contribution < 1.29 is 14.1 Å². The van der Waals surface area contributed by atoms with Crippen LogP contribution in [0.1, 0.15) is 16.2 Å². The normalized spacial score (nSPS) is 10.5. The Morgan fingerprint density at radius 2 is 2.04 bits per heavy atom. The van der Waals surface area contributed by atoms with Crippen LogP contribution in [0.2, 0.25) is 0 Å². The van der Waals surface area contributed by atoms with Crippen molar-refractivity contribution in [2.24, 2.45) is 0 Å². The van der Waals surface area contributed by atoms with E-state index in [0.29, 0.717) is 23.0 Å². The summed E-state index contributed by atoms with van der Waals surface area (Å²) in [5.41, 5.74) is 1.32. The molecule has 2 aromatic carbocycles. The van der Waals surface area contributed by atoms with Crippen LogP contribution < -0.4 is 4.74 Å². The van der Waals surface area contributed by atoms with Crippen molar-refractivity contribution in [1.29, 1.82) is 0 Å². The molecule has 0 N–H and O–H groups in total. The van der Waals surface area contributed by atoms with Gasteiger partial charge in [0, 0.05) is 17.1 Å². The van der Waals surface area contributed by atoms with Crippen LogP contribution in [0.5, 0.6) is 5.75 Å². The van der Waals surface area contributed by atoms with Gasteiger partial charge in [-0.15, -0.1) is 0 Å². The van der Waals surface area contributed by atoms with Gasteiger partial charge >= 0.3 is 0 Å². The van der Waals surface area contributed by atoms with Gasteiger partial charge in [-0.25, -0.2) is 0 Å². The van der Waals surface area contributed by atoms with Crippen LogP contribution in [0.3, 0.4) is 0 Å². The highest BCUT2D eigenvalue weighted by Gasteiger charge is 2.19. The third-order valence-electron chi connectivity index (χ3n) is 3.61. The van der Waals surface area contributed by atoms with E-state index in [-0.39, 0.29) is 12.5 Å². The Kier molecular flexibility index (Phi) is 5.14. The first-order chi connectivity index (χ1) is 12.1. The zero-order valence-corrected chi connectivity index (χ0v) is 15.4. The van der Waals surface area contributed by atoms with E-state index in [0.717, 1.165) is 10.0 Å². The molecule has 1 heterocycles. The van der Waals surface area contributed by atoms with E-state index in [9.17, 15) is 4.79 Å². The first-order valence-corrected chi connectivity index (χ1v) is 8.35. The molecule has 0 radical (unpaired) electrons. The van der Waals surface area contributed by atoms with Crippen LogP contribution >= 0.6 is 15.9 Å². The van der Waals surface area contributed by atoms with Gasteiger partial charge in [-0.05, 0) is 24.3 Å². The number of rotatable bonds is 5. The minimum atomic E-state index is -0.181. The maximum absolute atomic E-state index is 12.6. The summed E-state index contributed by atoms with van der Waals surface area (Å²) < 4.78 is 11.4. The fourth-order valence-corrected chi connectivity index (χ4v) is 2.76. The second kappa shape index (κ2) is 7.48. The molecule has 7 heteroatoms. The summed E-state index contributed by atoms with van der Waals surface area (Å²) in [5.74, 6) is 1.19. The Balaban J connectivity index is 1.75. The summed E-state index contributed by atoms with van der Waals surface area (Å²) in [4.78, 5) is 18.5. The molecule has 128 valence electrons. The molecule has 3 rings (SSSR count). The van der Waals surface area contributed by atoms with Crippen molar-refractivity contribution in [2.75, 3.05) is 14.2 Å². The molecule has 0 saturated carbocycles. The highest BCUT2D eigenvalue weighted by atomic mass is 79.9. The molecule has 25 heavy (non-hydrogen) atoms. The van der Waals surface area contributed by atoms with Gasteiger partial charge in [-0.1, -0.05) is 45.4 Å². The third kappa shape index (κ3) is 3.88. The molecule has 3 aromatic rings. The summed E-state index contributed by atoms with van der Waals surface area (Å²) in [6.45, 7) is 0.206. The van der Waals surface area contributed by atoms with Crippen LogP contribution in [-0.4, -0.2) is 35.1 Å². The molecular formula is C18H16BrN3O3. The number of carbonyl (C=O) groups is 1. The maximum atomic E-state index is 12.6. The average Bonchev–Trinajstić information content (AvgIpc) is 3.09. The van der Waals surface area contributed by atoms with Crippen molar-refractivity contribution >= 4 is 21.8 Å². The van der Waals surface area contributed by atoms with E-state index in [1.54, 1.807) is 25.2 Å². The van der Waals surface area contributed by atoms with Gasteiger partial charge < -0.3 is 14.2 Å². The SMILES string of the molecule is COc1ccccc1C(=O)N(C)Cc1nc(-c2cccc(Br)c2)no1. The number of halogens is 1. The van der Waals surface area contributed by atoms with Gasteiger partial charge in [0.15, 0.2) is 0 Å². The quantitative estimate of drug-likeness (QED) is 0.650. The second-order valence-corrected chi connectivity index (χ2v) is 6.30. The van der Waals surface area contributed by atoms with Crippen LogP contribution in [-0.2, 0) is 6.54 Å². The molecule has 0 unspecified atom stereocenters. The summed E-state index contributed by atoms with van der Waals surface area (Å²) in [7, 11) is 3.21. The molecule has 0 aliphatic rings. The number of carbonyl (C=O) groups excluding carboxylic acids is 1. The Labute approximate surface area is 153 Å². The van der Waals surface area contributed by atoms with E-state index in [2.05, 4.69) is 26.1 Å². The van der Waals surface area contributed by atoms with Crippen LogP contribution in [0.15, 0.2) is 57.5 Å². The molecule has 0 fully saturated rings. The lowest BCUT2D eigenvalue weighted by molar-refractivity contribution is 0.0766. The highest BCUT2D eigenvalue weighted by molar-refractivity contribution is 9.10. The topological polar surface area (TPSA) is 68.5 Å². The standard InChI is InChI=1S/C18H16BrN3O3/c1-22(18(23)14-8-3-4-9-15(14)24-2)11-16-20-17(21-25-16)12-6-5-7-13(19)10-12/h3-10H,11H2,1-2H3. The van der Waals surface area contributed by atoms with Gasteiger partial charge in [-0.2, -0.15) is 4.98 Å². The number of para-hydroxylation sites is 1. The fourth-order valence-electron chi connectivity index (χ4n) is 2.37. The van der Waals surface area contributed by atoms with Crippen molar-refractivity contribution in [1.82, 2.24) is 15.0 Å². The first-order valence-electron chi connectivity index (χ1n) is 7.55. The lowest BCUT2D eigenvalue weighted by atomic mass is 10.2.